The topological polar surface area (TPSA) is 63.7 Å². The molecule has 5 nitrogen and oxygen atoms in total. The predicted octanol–water partition coefficient (Wildman–Crippen LogP) is 3.84. The largest absolute Gasteiger partial charge is 0.462 e. The highest BCUT2D eigenvalue weighted by molar-refractivity contribution is 7.89. The Balaban J connectivity index is 1.34. The zero-order valence-electron chi connectivity index (χ0n) is 17.3. The van der Waals surface area contributed by atoms with Crippen LogP contribution in [0.15, 0.2) is 29.2 Å². The van der Waals surface area contributed by atoms with Gasteiger partial charge in [0.05, 0.1) is 5.92 Å². The van der Waals surface area contributed by atoms with Crippen molar-refractivity contribution in [2.45, 2.75) is 57.5 Å². The molecule has 5 rings (SSSR count). The van der Waals surface area contributed by atoms with E-state index in [-0.39, 0.29) is 36.0 Å². The van der Waals surface area contributed by atoms with Crippen molar-refractivity contribution in [2.75, 3.05) is 13.1 Å². The van der Waals surface area contributed by atoms with Crippen molar-refractivity contribution in [3.05, 3.63) is 30.1 Å². The molecule has 1 aliphatic heterocycles. The Morgan fingerprint density at radius 3 is 2.41 bits per heavy atom. The van der Waals surface area contributed by atoms with Crippen LogP contribution < -0.4 is 0 Å². The molecular weight excluding hydrogens is 393 g/mol. The quantitative estimate of drug-likeness (QED) is 0.691. The smallest absolute Gasteiger partial charge is 0.309 e. The minimum Gasteiger partial charge on any atom is -0.462 e. The highest BCUT2D eigenvalue weighted by atomic mass is 32.2. The number of rotatable bonds is 4. The van der Waals surface area contributed by atoms with Gasteiger partial charge in [-0.25, -0.2) is 12.8 Å². The average molecular weight is 424 g/mol. The van der Waals surface area contributed by atoms with Crippen LogP contribution in [0.3, 0.4) is 0 Å². The zero-order valence-corrected chi connectivity index (χ0v) is 18.1. The fourth-order valence-electron chi connectivity index (χ4n) is 5.63. The van der Waals surface area contributed by atoms with Crippen LogP contribution in [0.25, 0.3) is 0 Å². The van der Waals surface area contributed by atoms with Crippen molar-refractivity contribution in [1.82, 2.24) is 4.31 Å². The number of carbonyl (C=O) groups is 1. The zero-order chi connectivity index (χ0) is 21.0. The Morgan fingerprint density at radius 1 is 1.17 bits per heavy atom. The van der Waals surface area contributed by atoms with Crippen molar-refractivity contribution in [1.29, 1.82) is 0 Å². The maximum Gasteiger partial charge on any atom is 0.309 e. The summed E-state index contributed by atoms with van der Waals surface area (Å²) in [6.45, 7) is 7.21. The highest BCUT2D eigenvalue weighted by Crippen LogP contribution is 2.61. The average Bonchev–Trinajstić information content (AvgIpc) is 2.69. The van der Waals surface area contributed by atoms with Crippen LogP contribution in [0, 0.1) is 34.9 Å². The van der Waals surface area contributed by atoms with E-state index in [0.29, 0.717) is 36.0 Å². The molecule has 0 amide bonds. The monoisotopic (exact) mass is 423 g/mol. The number of fused-ring (bicyclic) bond motifs is 2. The van der Waals surface area contributed by atoms with Gasteiger partial charge in [0.1, 0.15) is 16.8 Å². The standard InChI is InChI=1S/C22H30FNO4S/c1-14-17-12-16(22(17,2)3)13-19(14)28-21(25)15-8-10-24(11-9-15)29(26,27)20-7-5-4-6-18(20)23/h4-7,14-17,19H,8-13H2,1-3H3. The van der Waals surface area contributed by atoms with E-state index in [0.717, 1.165) is 12.5 Å². The summed E-state index contributed by atoms with van der Waals surface area (Å²) in [7, 11) is -3.89. The van der Waals surface area contributed by atoms with Crippen LogP contribution in [0.4, 0.5) is 4.39 Å². The molecule has 1 aromatic carbocycles. The van der Waals surface area contributed by atoms with E-state index >= 15 is 0 Å². The Kier molecular flexibility index (Phi) is 5.26. The molecule has 1 aromatic rings. The molecule has 3 aliphatic carbocycles. The van der Waals surface area contributed by atoms with Gasteiger partial charge in [0.15, 0.2) is 0 Å². The van der Waals surface area contributed by atoms with Gasteiger partial charge >= 0.3 is 5.97 Å². The Labute approximate surface area is 172 Å². The molecule has 160 valence electrons. The summed E-state index contributed by atoms with van der Waals surface area (Å²) in [5.74, 6) is 0.341. The molecule has 1 saturated heterocycles. The van der Waals surface area contributed by atoms with Crippen molar-refractivity contribution >= 4 is 16.0 Å². The number of benzene rings is 1. The number of nitrogens with zero attached hydrogens (tertiary/aromatic N) is 1. The Morgan fingerprint density at radius 2 is 1.83 bits per heavy atom. The molecule has 7 heteroatoms. The van der Waals surface area contributed by atoms with Gasteiger partial charge in [0.2, 0.25) is 10.0 Å². The number of carbonyl (C=O) groups excluding carboxylic acids is 1. The fraction of sp³-hybridized carbons (Fsp3) is 0.682. The summed E-state index contributed by atoms with van der Waals surface area (Å²) >= 11 is 0. The molecule has 0 radical (unpaired) electrons. The van der Waals surface area contributed by atoms with Crippen molar-refractivity contribution in [2.24, 2.45) is 29.1 Å². The van der Waals surface area contributed by atoms with E-state index in [4.69, 9.17) is 4.74 Å². The first kappa shape index (κ1) is 20.8. The third kappa shape index (κ3) is 3.50. The van der Waals surface area contributed by atoms with E-state index in [1.54, 1.807) is 0 Å². The van der Waals surface area contributed by atoms with Gasteiger partial charge < -0.3 is 4.74 Å². The summed E-state index contributed by atoms with van der Waals surface area (Å²) in [5.41, 5.74) is 0.342. The molecule has 3 saturated carbocycles. The second-order valence-corrected chi connectivity index (χ2v) is 11.4. The molecule has 29 heavy (non-hydrogen) atoms. The summed E-state index contributed by atoms with van der Waals surface area (Å²) in [6, 6.07) is 5.40. The third-order valence-electron chi connectivity index (χ3n) is 7.79. The number of halogens is 1. The second kappa shape index (κ2) is 7.34. The Hall–Kier alpha value is -1.47. The lowest BCUT2D eigenvalue weighted by Gasteiger charge is -2.61. The number of hydrogen-bond donors (Lipinski definition) is 0. The van der Waals surface area contributed by atoms with Gasteiger partial charge in [-0.15, -0.1) is 0 Å². The molecule has 1 heterocycles. The van der Waals surface area contributed by atoms with E-state index in [9.17, 15) is 17.6 Å². The number of ether oxygens (including phenoxy) is 1. The lowest BCUT2D eigenvalue weighted by Crippen LogP contribution is -2.57. The SMILES string of the molecule is CC1C(OC(=O)C2CCN(S(=O)(=O)c3ccccc3F)CC2)CC2CC1C2(C)C. The number of esters is 1. The molecule has 4 atom stereocenters. The second-order valence-electron chi connectivity index (χ2n) is 9.54. The van der Waals surface area contributed by atoms with Gasteiger partial charge in [-0.2, -0.15) is 4.31 Å². The molecule has 0 aromatic heterocycles. The van der Waals surface area contributed by atoms with Crippen LogP contribution in [0.5, 0.6) is 0 Å². The molecule has 4 unspecified atom stereocenters. The first-order valence-corrected chi connectivity index (χ1v) is 12.0. The molecule has 0 spiro atoms. The first-order chi connectivity index (χ1) is 13.6. The van der Waals surface area contributed by atoms with E-state index < -0.39 is 15.8 Å². The van der Waals surface area contributed by atoms with Crippen LogP contribution in [-0.4, -0.2) is 37.9 Å². The van der Waals surface area contributed by atoms with Crippen molar-refractivity contribution < 1.29 is 22.3 Å². The van der Waals surface area contributed by atoms with E-state index in [1.165, 1.54) is 28.9 Å². The summed E-state index contributed by atoms with van der Waals surface area (Å²) in [6.07, 6.45) is 2.95. The summed E-state index contributed by atoms with van der Waals surface area (Å²) < 4.78 is 46.6. The van der Waals surface area contributed by atoms with Gasteiger partial charge in [-0.3, -0.25) is 4.79 Å². The minimum absolute atomic E-state index is 0.0283. The van der Waals surface area contributed by atoms with E-state index in [2.05, 4.69) is 20.8 Å². The van der Waals surface area contributed by atoms with Crippen molar-refractivity contribution in [3.63, 3.8) is 0 Å². The van der Waals surface area contributed by atoms with Gasteiger partial charge in [-0.05, 0) is 61.0 Å². The van der Waals surface area contributed by atoms with Gasteiger partial charge in [0, 0.05) is 13.1 Å². The van der Waals surface area contributed by atoms with Gasteiger partial charge in [0.25, 0.3) is 0 Å². The lowest BCUT2D eigenvalue weighted by molar-refractivity contribution is -0.190. The summed E-state index contributed by atoms with van der Waals surface area (Å²) in [5, 5.41) is 0. The maximum atomic E-state index is 14.0. The molecule has 4 fully saturated rings. The van der Waals surface area contributed by atoms with E-state index in [1.807, 2.05) is 0 Å². The van der Waals surface area contributed by atoms with Gasteiger partial charge in [-0.1, -0.05) is 32.9 Å². The van der Waals surface area contributed by atoms with Crippen LogP contribution >= 0.6 is 0 Å². The van der Waals surface area contributed by atoms with Crippen LogP contribution in [0.2, 0.25) is 0 Å². The number of sulfonamides is 1. The molecule has 2 bridgehead atoms. The van der Waals surface area contributed by atoms with Crippen LogP contribution in [0.1, 0.15) is 46.5 Å². The summed E-state index contributed by atoms with van der Waals surface area (Å²) in [4.78, 5) is 12.4. The Bertz CT molecular complexity index is 892. The maximum absolute atomic E-state index is 14.0. The molecule has 0 N–H and O–H groups in total. The fourth-order valence-corrected chi connectivity index (χ4v) is 7.16. The first-order valence-electron chi connectivity index (χ1n) is 10.6. The molecule has 4 aliphatic rings. The normalized spacial score (nSPS) is 32.4. The third-order valence-corrected chi connectivity index (χ3v) is 9.73. The minimum atomic E-state index is -3.89. The number of piperidine rings is 1. The predicted molar refractivity (Wildman–Crippen MR) is 107 cm³/mol. The van der Waals surface area contributed by atoms with Crippen molar-refractivity contribution in [3.8, 4) is 0 Å². The highest BCUT2D eigenvalue weighted by Gasteiger charge is 2.57. The molecular formula is C22H30FNO4S. The van der Waals surface area contributed by atoms with Crippen LogP contribution in [-0.2, 0) is 19.6 Å². The lowest BCUT2D eigenvalue weighted by atomic mass is 9.45. The number of hydrogen-bond acceptors (Lipinski definition) is 4.